The molecule has 0 aliphatic heterocycles. The van der Waals surface area contributed by atoms with Crippen molar-refractivity contribution >= 4 is 17.7 Å². The van der Waals surface area contributed by atoms with Gasteiger partial charge in [-0.3, -0.25) is 10.1 Å². The second-order valence-electron chi connectivity index (χ2n) is 6.12. The van der Waals surface area contributed by atoms with Gasteiger partial charge >= 0.3 is 12.1 Å². The summed E-state index contributed by atoms with van der Waals surface area (Å²) in [5.74, 6) is -0.327. The first kappa shape index (κ1) is 19.0. The molecule has 0 aliphatic carbocycles. The minimum absolute atomic E-state index is 0.0128. The number of ether oxygens (including phenoxy) is 2. The van der Waals surface area contributed by atoms with Crippen LogP contribution in [0.4, 0.5) is 10.5 Å². The molecule has 1 rings (SSSR count). The number of carbonyl (C=O) groups is 2. The van der Waals surface area contributed by atoms with Crippen LogP contribution < -0.4 is 5.32 Å². The minimum Gasteiger partial charge on any atom is -0.469 e. The van der Waals surface area contributed by atoms with Crippen LogP contribution in [0.1, 0.15) is 38.3 Å². The Morgan fingerprint density at radius 2 is 1.91 bits per heavy atom. The van der Waals surface area contributed by atoms with E-state index in [4.69, 9.17) is 4.74 Å². The number of benzene rings is 1. The zero-order valence-corrected chi connectivity index (χ0v) is 14.1. The van der Waals surface area contributed by atoms with Crippen molar-refractivity contribution in [2.45, 2.75) is 45.6 Å². The molecule has 0 fully saturated rings. The van der Waals surface area contributed by atoms with Crippen molar-refractivity contribution in [3.63, 3.8) is 0 Å². The topological polar surface area (TPSA) is 84.9 Å². The summed E-state index contributed by atoms with van der Waals surface area (Å²) in [7, 11) is 1.34. The van der Waals surface area contributed by atoms with E-state index in [1.807, 2.05) is 6.07 Å². The lowest BCUT2D eigenvalue weighted by Crippen LogP contribution is -2.27. The van der Waals surface area contributed by atoms with Crippen molar-refractivity contribution in [1.29, 1.82) is 0 Å². The van der Waals surface area contributed by atoms with Crippen molar-refractivity contribution < 1.29 is 24.2 Å². The Hall–Kier alpha value is -2.08. The summed E-state index contributed by atoms with van der Waals surface area (Å²) in [4.78, 5) is 23.4. The fourth-order valence-corrected chi connectivity index (χ4v) is 2.14. The molecule has 0 bridgehead atoms. The van der Waals surface area contributed by atoms with Gasteiger partial charge < -0.3 is 14.6 Å². The highest BCUT2D eigenvalue weighted by molar-refractivity contribution is 5.86. The molecule has 1 aromatic carbocycles. The van der Waals surface area contributed by atoms with Crippen LogP contribution in [0.25, 0.3) is 0 Å². The Bertz CT molecular complexity index is 548. The third-order valence-electron chi connectivity index (χ3n) is 3.10. The highest BCUT2D eigenvalue weighted by Gasteiger charge is 2.18. The number of hydrogen-bond donors (Lipinski definition) is 2. The van der Waals surface area contributed by atoms with Crippen molar-refractivity contribution in [3.8, 4) is 0 Å². The molecule has 0 spiro atoms. The van der Waals surface area contributed by atoms with Crippen molar-refractivity contribution in [2.75, 3.05) is 19.0 Å². The van der Waals surface area contributed by atoms with Gasteiger partial charge in [-0.05, 0) is 50.8 Å². The molecule has 0 saturated carbocycles. The Balaban J connectivity index is 2.97. The van der Waals surface area contributed by atoms with E-state index in [0.717, 1.165) is 11.1 Å². The SMILES string of the molecule is COC(=O)CCc1c(CCO)cccc1NC(=O)OC(C)(C)C. The monoisotopic (exact) mass is 323 g/mol. The van der Waals surface area contributed by atoms with Gasteiger partial charge in [0, 0.05) is 18.7 Å². The molecular weight excluding hydrogens is 298 g/mol. The van der Waals surface area contributed by atoms with Crippen molar-refractivity contribution in [1.82, 2.24) is 0 Å². The smallest absolute Gasteiger partial charge is 0.412 e. The number of methoxy groups -OCH3 is 1. The van der Waals surface area contributed by atoms with Crippen molar-refractivity contribution in [3.05, 3.63) is 29.3 Å². The van der Waals surface area contributed by atoms with Crippen molar-refractivity contribution in [2.24, 2.45) is 0 Å². The Labute approximate surface area is 136 Å². The molecular formula is C17H25NO5. The van der Waals surface area contributed by atoms with Crippen LogP contribution in [0.2, 0.25) is 0 Å². The third-order valence-corrected chi connectivity index (χ3v) is 3.10. The van der Waals surface area contributed by atoms with Gasteiger partial charge in [-0.25, -0.2) is 4.79 Å². The number of esters is 1. The number of nitrogens with one attached hydrogen (secondary N) is 1. The molecule has 0 aromatic heterocycles. The maximum absolute atomic E-state index is 12.0. The lowest BCUT2D eigenvalue weighted by atomic mass is 9.98. The average Bonchev–Trinajstić information content (AvgIpc) is 2.44. The fourth-order valence-electron chi connectivity index (χ4n) is 2.14. The summed E-state index contributed by atoms with van der Waals surface area (Å²) in [6.07, 6.45) is 0.494. The Morgan fingerprint density at radius 1 is 1.22 bits per heavy atom. The molecule has 2 N–H and O–H groups in total. The van der Waals surface area contributed by atoms with E-state index < -0.39 is 11.7 Å². The molecule has 128 valence electrons. The largest absolute Gasteiger partial charge is 0.469 e. The van der Waals surface area contributed by atoms with Crippen LogP contribution in [0.3, 0.4) is 0 Å². The first-order valence-electron chi connectivity index (χ1n) is 7.55. The molecule has 0 radical (unpaired) electrons. The molecule has 6 nitrogen and oxygen atoms in total. The molecule has 0 saturated heterocycles. The number of hydrogen-bond acceptors (Lipinski definition) is 5. The fraction of sp³-hybridized carbons (Fsp3) is 0.529. The summed E-state index contributed by atoms with van der Waals surface area (Å²) in [5.41, 5.74) is 1.66. The second-order valence-corrected chi connectivity index (χ2v) is 6.12. The molecule has 1 amide bonds. The van der Waals surface area contributed by atoms with E-state index >= 15 is 0 Å². The summed E-state index contributed by atoms with van der Waals surface area (Å²) in [6, 6.07) is 5.40. The number of anilines is 1. The van der Waals surface area contributed by atoms with Crippen LogP contribution in [0, 0.1) is 0 Å². The number of rotatable bonds is 6. The van der Waals surface area contributed by atoms with E-state index in [9.17, 15) is 14.7 Å². The second kappa shape index (κ2) is 8.53. The standard InChI is InChI=1S/C17H25NO5/c1-17(2,3)23-16(21)18-14-7-5-6-12(10-11-19)13(14)8-9-15(20)22-4/h5-7,19H,8-11H2,1-4H3,(H,18,21). The number of carbonyl (C=O) groups excluding carboxylic acids is 2. The predicted octanol–water partition coefficient (Wildman–Crippen LogP) is 2.67. The van der Waals surface area contributed by atoms with Crippen LogP contribution in [0.15, 0.2) is 18.2 Å². The van der Waals surface area contributed by atoms with Gasteiger partial charge in [0.15, 0.2) is 0 Å². The van der Waals surface area contributed by atoms with E-state index in [1.54, 1.807) is 32.9 Å². The Morgan fingerprint density at radius 3 is 2.48 bits per heavy atom. The van der Waals surface area contributed by atoms with Gasteiger partial charge in [0.25, 0.3) is 0 Å². The zero-order chi connectivity index (χ0) is 17.5. The van der Waals surface area contributed by atoms with Gasteiger partial charge in [-0.2, -0.15) is 0 Å². The van der Waals surface area contributed by atoms with Crippen LogP contribution in [-0.2, 0) is 27.1 Å². The van der Waals surface area contributed by atoms with Gasteiger partial charge in [0.05, 0.1) is 7.11 Å². The normalized spacial score (nSPS) is 11.0. The average molecular weight is 323 g/mol. The molecule has 0 aliphatic rings. The van der Waals surface area contributed by atoms with E-state index in [-0.39, 0.29) is 19.0 Å². The number of amides is 1. The summed E-state index contributed by atoms with van der Waals surface area (Å²) in [5, 5.41) is 11.9. The zero-order valence-electron chi connectivity index (χ0n) is 14.1. The van der Waals surface area contributed by atoms with Gasteiger partial charge in [0.1, 0.15) is 5.60 Å². The number of aliphatic hydroxyl groups excluding tert-OH is 1. The van der Waals surface area contributed by atoms with E-state index in [0.29, 0.717) is 18.5 Å². The molecule has 0 heterocycles. The summed E-state index contributed by atoms with van der Waals surface area (Å²) in [6.45, 7) is 5.34. The molecule has 23 heavy (non-hydrogen) atoms. The molecule has 0 unspecified atom stereocenters. The highest BCUT2D eigenvalue weighted by Crippen LogP contribution is 2.23. The number of aliphatic hydroxyl groups is 1. The first-order valence-corrected chi connectivity index (χ1v) is 7.55. The summed E-state index contributed by atoms with van der Waals surface area (Å²) >= 11 is 0. The van der Waals surface area contributed by atoms with Gasteiger partial charge in [-0.1, -0.05) is 12.1 Å². The lowest BCUT2D eigenvalue weighted by molar-refractivity contribution is -0.140. The molecule has 1 aromatic rings. The van der Waals surface area contributed by atoms with Gasteiger partial charge in [-0.15, -0.1) is 0 Å². The van der Waals surface area contributed by atoms with E-state index in [1.165, 1.54) is 7.11 Å². The maximum Gasteiger partial charge on any atom is 0.412 e. The summed E-state index contributed by atoms with van der Waals surface area (Å²) < 4.78 is 9.91. The van der Waals surface area contributed by atoms with E-state index in [2.05, 4.69) is 10.1 Å². The van der Waals surface area contributed by atoms with Gasteiger partial charge in [0.2, 0.25) is 0 Å². The first-order chi connectivity index (χ1) is 10.8. The lowest BCUT2D eigenvalue weighted by Gasteiger charge is -2.21. The Kier molecular flexibility index (Phi) is 7.03. The molecule has 6 heteroatoms. The van der Waals surface area contributed by atoms with Crippen LogP contribution in [-0.4, -0.2) is 36.5 Å². The predicted molar refractivity (Wildman–Crippen MR) is 87.4 cm³/mol. The molecule has 0 atom stereocenters. The third kappa shape index (κ3) is 6.69. The van der Waals surface area contributed by atoms with Crippen LogP contribution >= 0.6 is 0 Å². The maximum atomic E-state index is 12.0. The minimum atomic E-state index is -0.598. The quantitative estimate of drug-likeness (QED) is 0.786. The highest BCUT2D eigenvalue weighted by atomic mass is 16.6. The van der Waals surface area contributed by atoms with Crippen LogP contribution in [0.5, 0.6) is 0 Å².